The lowest BCUT2D eigenvalue weighted by Gasteiger charge is -2.15. The van der Waals surface area contributed by atoms with Gasteiger partial charge in [-0.2, -0.15) is 0 Å². The molecule has 4 N–H and O–H groups in total. The molecule has 0 spiro atoms. The van der Waals surface area contributed by atoms with Crippen LogP contribution >= 0.6 is 0 Å². The summed E-state index contributed by atoms with van der Waals surface area (Å²) in [6.07, 6.45) is 14.4. The Labute approximate surface area is 204 Å². The molecule has 1 aromatic carbocycles. The quantitative estimate of drug-likeness (QED) is 0.163. The number of nitrogens with two attached hydrogens (primary N) is 1. The van der Waals surface area contributed by atoms with Crippen LogP contribution in [-0.4, -0.2) is 30.9 Å². The normalized spacial score (nSPS) is 12.4. The van der Waals surface area contributed by atoms with E-state index in [4.69, 9.17) is 15.6 Å². The molecule has 0 amide bonds. The molecule has 8 heteroatoms. The SMILES string of the molecule is CCCC(CCCCONc1cccnc1)c1nc(-c2ccc3[nH]ccc3c2)c2c(N)nccn12. The number of rotatable bonds is 11. The minimum absolute atomic E-state index is 0.324. The van der Waals surface area contributed by atoms with Crippen molar-refractivity contribution in [2.75, 3.05) is 17.8 Å². The average Bonchev–Trinajstić information content (AvgIpc) is 3.51. The molecule has 8 nitrogen and oxygen atoms in total. The van der Waals surface area contributed by atoms with E-state index in [-0.39, 0.29) is 0 Å². The summed E-state index contributed by atoms with van der Waals surface area (Å²) in [6, 6.07) is 12.2. The van der Waals surface area contributed by atoms with Crippen molar-refractivity contribution < 1.29 is 4.84 Å². The summed E-state index contributed by atoms with van der Waals surface area (Å²) in [4.78, 5) is 22.5. The number of aromatic amines is 1. The van der Waals surface area contributed by atoms with Crippen molar-refractivity contribution in [2.24, 2.45) is 0 Å². The second kappa shape index (κ2) is 10.6. The number of nitrogen functional groups attached to an aromatic ring is 1. The molecule has 35 heavy (non-hydrogen) atoms. The highest BCUT2D eigenvalue weighted by molar-refractivity contribution is 5.91. The average molecular weight is 470 g/mol. The van der Waals surface area contributed by atoms with Crippen LogP contribution in [0.25, 0.3) is 27.7 Å². The van der Waals surface area contributed by atoms with Crippen LogP contribution in [0.1, 0.15) is 50.8 Å². The maximum atomic E-state index is 6.37. The van der Waals surface area contributed by atoms with Crippen molar-refractivity contribution in [2.45, 2.75) is 44.9 Å². The molecular formula is C27H31N7O. The maximum Gasteiger partial charge on any atom is 0.150 e. The van der Waals surface area contributed by atoms with Gasteiger partial charge in [0.15, 0.2) is 0 Å². The zero-order valence-electron chi connectivity index (χ0n) is 19.9. The van der Waals surface area contributed by atoms with Gasteiger partial charge in [0.05, 0.1) is 18.5 Å². The van der Waals surface area contributed by atoms with Crippen LogP contribution in [0, 0.1) is 0 Å². The molecule has 180 valence electrons. The van der Waals surface area contributed by atoms with E-state index in [1.165, 1.54) is 0 Å². The molecule has 1 unspecified atom stereocenters. The zero-order valence-corrected chi connectivity index (χ0v) is 19.9. The maximum absolute atomic E-state index is 6.37. The van der Waals surface area contributed by atoms with Gasteiger partial charge in [0.25, 0.3) is 0 Å². The molecule has 0 fully saturated rings. The molecule has 0 aliphatic rings. The molecule has 0 radical (unpaired) electrons. The van der Waals surface area contributed by atoms with Gasteiger partial charge in [-0.05, 0) is 49.6 Å². The van der Waals surface area contributed by atoms with Gasteiger partial charge in [-0.1, -0.05) is 25.8 Å². The highest BCUT2D eigenvalue weighted by Gasteiger charge is 2.22. The van der Waals surface area contributed by atoms with E-state index in [1.807, 2.05) is 24.5 Å². The lowest BCUT2D eigenvalue weighted by molar-refractivity contribution is 0.186. The number of fused-ring (bicyclic) bond motifs is 2. The lowest BCUT2D eigenvalue weighted by Crippen LogP contribution is -2.07. The van der Waals surface area contributed by atoms with E-state index in [1.54, 1.807) is 18.6 Å². The standard InChI is InChI=1S/C27H31N7O/c1-2-6-19(7-3-4-16-35-33-22-8-5-12-29-18-22)27-32-24(25-26(28)31-14-15-34(25)27)21-9-10-23-20(17-21)11-13-30-23/h5,8-15,17-19,30,33H,2-4,6-7,16H2,1H3,(H2,28,31). The summed E-state index contributed by atoms with van der Waals surface area (Å²) in [5, 5.41) is 1.15. The molecule has 5 aromatic rings. The predicted molar refractivity (Wildman–Crippen MR) is 140 cm³/mol. The second-order valence-corrected chi connectivity index (χ2v) is 8.80. The summed E-state index contributed by atoms with van der Waals surface area (Å²) in [5.41, 5.74) is 14.1. The van der Waals surface area contributed by atoms with Gasteiger partial charge in [-0.25, -0.2) is 9.97 Å². The van der Waals surface area contributed by atoms with Crippen molar-refractivity contribution >= 4 is 27.9 Å². The Bertz CT molecular complexity index is 1390. The summed E-state index contributed by atoms with van der Waals surface area (Å²) in [6.45, 7) is 2.86. The van der Waals surface area contributed by atoms with Gasteiger partial charge in [0.1, 0.15) is 22.9 Å². The zero-order chi connectivity index (χ0) is 24.0. The molecule has 0 aliphatic heterocycles. The van der Waals surface area contributed by atoms with Crippen LogP contribution in [0.5, 0.6) is 0 Å². The third-order valence-corrected chi connectivity index (χ3v) is 6.34. The van der Waals surface area contributed by atoms with E-state index in [9.17, 15) is 0 Å². The number of nitrogens with one attached hydrogen (secondary N) is 2. The van der Waals surface area contributed by atoms with Crippen LogP contribution in [0.2, 0.25) is 0 Å². The van der Waals surface area contributed by atoms with Gasteiger partial charge in [-0.3, -0.25) is 19.7 Å². The minimum atomic E-state index is 0.324. The molecule has 0 saturated heterocycles. The molecule has 0 bridgehead atoms. The third kappa shape index (κ3) is 4.97. The van der Waals surface area contributed by atoms with Crippen LogP contribution in [0.3, 0.4) is 0 Å². The molecule has 0 aliphatic carbocycles. The van der Waals surface area contributed by atoms with Crippen LogP contribution in [0.15, 0.2) is 67.4 Å². The van der Waals surface area contributed by atoms with Crippen molar-refractivity contribution in [3.63, 3.8) is 0 Å². The number of hydrogen-bond acceptors (Lipinski definition) is 6. The van der Waals surface area contributed by atoms with Crippen LogP contribution < -0.4 is 11.2 Å². The third-order valence-electron chi connectivity index (χ3n) is 6.34. The Kier molecular flexibility index (Phi) is 6.90. The van der Waals surface area contributed by atoms with Crippen molar-refractivity contribution in [3.05, 3.63) is 73.2 Å². The van der Waals surface area contributed by atoms with E-state index in [0.717, 1.165) is 71.3 Å². The molecule has 5 rings (SSSR count). The fourth-order valence-electron chi connectivity index (χ4n) is 4.65. The molecule has 1 atom stereocenters. The highest BCUT2D eigenvalue weighted by Crippen LogP contribution is 2.35. The van der Waals surface area contributed by atoms with Gasteiger partial charge < -0.3 is 10.7 Å². The summed E-state index contributed by atoms with van der Waals surface area (Å²) < 4.78 is 2.14. The Balaban J connectivity index is 1.34. The number of nitrogens with zero attached hydrogens (tertiary/aromatic N) is 4. The van der Waals surface area contributed by atoms with E-state index < -0.39 is 0 Å². The van der Waals surface area contributed by atoms with Gasteiger partial charge in [-0.15, -0.1) is 0 Å². The smallest absolute Gasteiger partial charge is 0.150 e. The van der Waals surface area contributed by atoms with E-state index in [2.05, 4.69) is 56.0 Å². The number of hydrogen-bond donors (Lipinski definition) is 3. The second-order valence-electron chi connectivity index (χ2n) is 8.80. The Morgan fingerprint density at radius 3 is 2.94 bits per heavy atom. The Hall–Kier alpha value is -3.91. The fourth-order valence-corrected chi connectivity index (χ4v) is 4.65. The summed E-state index contributed by atoms with van der Waals surface area (Å²) >= 11 is 0. The number of benzene rings is 1. The first-order valence-electron chi connectivity index (χ1n) is 12.2. The number of imidazole rings is 1. The lowest BCUT2D eigenvalue weighted by atomic mass is 9.96. The van der Waals surface area contributed by atoms with Gasteiger partial charge in [0.2, 0.25) is 0 Å². The number of H-pyrrole nitrogens is 1. The van der Waals surface area contributed by atoms with E-state index in [0.29, 0.717) is 18.3 Å². The Morgan fingerprint density at radius 1 is 1.14 bits per heavy atom. The Morgan fingerprint density at radius 2 is 2.09 bits per heavy atom. The van der Waals surface area contributed by atoms with Crippen molar-refractivity contribution in [3.8, 4) is 11.3 Å². The van der Waals surface area contributed by atoms with Gasteiger partial charge in [0, 0.05) is 47.2 Å². The van der Waals surface area contributed by atoms with Crippen molar-refractivity contribution in [1.82, 2.24) is 24.3 Å². The first-order chi connectivity index (χ1) is 17.2. The van der Waals surface area contributed by atoms with Gasteiger partial charge >= 0.3 is 0 Å². The first-order valence-corrected chi connectivity index (χ1v) is 12.2. The fraction of sp³-hybridized carbons (Fsp3) is 0.296. The van der Waals surface area contributed by atoms with Crippen LogP contribution in [0.4, 0.5) is 11.5 Å². The van der Waals surface area contributed by atoms with Crippen LogP contribution in [-0.2, 0) is 4.84 Å². The summed E-state index contributed by atoms with van der Waals surface area (Å²) in [7, 11) is 0. The summed E-state index contributed by atoms with van der Waals surface area (Å²) in [5.74, 6) is 1.88. The minimum Gasteiger partial charge on any atom is -0.382 e. The predicted octanol–water partition coefficient (Wildman–Crippen LogP) is 5.95. The number of aromatic nitrogens is 5. The first kappa shape index (κ1) is 22.9. The molecule has 4 heterocycles. The molecule has 4 aromatic heterocycles. The number of pyridine rings is 1. The van der Waals surface area contributed by atoms with Crippen molar-refractivity contribution in [1.29, 1.82) is 0 Å². The highest BCUT2D eigenvalue weighted by atomic mass is 16.6. The van der Waals surface area contributed by atoms with E-state index >= 15 is 0 Å². The topological polar surface area (TPSA) is 106 Å². The number of anilines is 2. The molecular weight excluding hydrogens is 438 g/mol. The molecule has 0 saturated carbocycles. The largest absolute Gasteiger partial charge is 0.382 e. The number of unbranched alkanes of at least 4 members (excludes halogenated alkanes) is 1. The monoisotopic (exact) mass is 469 g/mol.